The van der Waals surface area contributed by atoms with Gasteiger partial charge in [-0.3, -0.25) is 14.2 Å². The van der Waals surface area contributed by atoms with Gasteiger partial charge in [0.1, 0.15) is 19.8 Å². The van der Waals surface area contributed by atoms with E-state index >= 15 is 0 Å². The van der Waals surface area contributed by atoms with Gasteiger partial charge >= 0.3 is 11.9 Å². The summed E-state index contributed by atoms with van der Waals surface area (Å²) in [5.74, 6) is -0.834. The number of quaternary nitrogens is 1. The number of hydrogen-bond donors (Lipinski definition) is 0. The van der Waals surface area contributed by atoms with E-state index in [4.69, 9.17) is 18.5 Å². The summed E-state index contributed by atoms with van der Waals surface area (Å²) in [5, 5.41) is 0. The van der Waals surface area contributed by atoms with Crippen LogP contribution in [0.5, 0.6) is 0 Å². The minimum Gasteiger partial charge on any atom is -0.756 e. The zero-order valence-corrected chi connectivity index (χ0v) is 59.4. The Morgan fingerprint density at radius 2 is 0.600 bits per heavy atom. The van der Waals surface area contributed by atoms with Crippen LogP contribution >= 0.6 is 7.82 Å². The Labute approximate surface area is 554 Å². The third-order valence-corrected chi connectivity index (χ3v) is 16.3. The minimum atomic E-state index is -4.65. The molecule has 9 nitrogen and oxygen atoms in total. The molecule has 0 rings (SSSR count). The van der Waals surface area contributed by atoms with Crippen molar-refractivity contribution >= 4 is 19.8 Å². The van der Waals surface area contributed by atoms with Crippen LogP contribution in [0, 0.1) is 0 Å². The highest BCUT2D eigenvalue weighted by atomic mass is 31.2. The maximum absolute atomic E-state index is 12.9. The number of unbranched alkanes of at least 4 members (excludes halogenated alkanes) is 28. The van der Waals surface area contributed by atoms with Gasteiger partial charge < -0.3 is 27.9 Å². The molecule has 0 aromatic rings. The van der Waals surface area contributed by atoms with Crippen LogP contribution in [0.2, 0.25) is 0 Å². The van der Waals surface area contributed by atoms with E-state index in [1.54, 1.807) is 0 Å². The highest BCUT2D eigenvalue weighted by Crippen LogP contribution is 2.38. The number of esters is 2. The summed E-state index contributed by atoms with van der Waals surface area (Å²) < 4.78 is 34.3. The predicted molar refractivity (Wildman–Crippen MR) is 387 cm³/mol. The molecule has 0 heterocycles. The molecule has 0 fully saturated rings. The first kappa shape index (κ1) is 85.9. The third kappa shape index (κ3) is 72.9. The fraction of sp³-hybridized carbons (Fsp3) is 0.675. The molecule has 0 radical (unpaired) electrons. The summed E-state index contributed by atoms with van der Waals surface area (Å²) >= 11 is 0. The zero-order valence-electron chi connectivity index (χ0n) is 58.5. The van der Waals surface area contributed by atoms with E-state index in [0.717, 1.165) is 116 Å². The number of nitrogens with zero attached hydrogens (tertiary/aromatic N) is 1. The molecule has 0 saturated carbocycles. The smallest absolute Gasteiger partial charge is 0.306 e. The largest absolute Gasteiger partial charge is 0.756 e. The Morgan fingerprint density at radius 3 is 0.889 bits per heavy atom. The molecule has 0 saturated heterocycles. The van der Waals surface area contributed by atoms with Crippen LogP contribution in [-0.4, -0.2) is 70.0 Å². The van der Waals surface area contributed by atoms with E-state index in [1.807, 2.05) is 21.1 Å². The zero-order chi connectivity index (χ0) is 65.5. The molecule has 10 heteroatoms. The van der Waals surface area contributed by atoms with E-state index in [9.17, 15) is 19.0 Å². The molecule has 0 amide bonds. The molecule has 2 unspecified atom stereocenters. The van der Waals surface area contributed by atoms with E-state index in [-0.39, 0.29) is 32.0 Å². The van der Waals surface area contributed by atoms with Gasteiger partial charge in [-0.2, -0.15) is 0 Å². The second-order valence-corrected chi connectivity index (χ2v) is 26.6. The number of carbonyl (C=O) groups excluding carboxylic acids is 2. The quantitative estimate of drug-likeness (QED) is 0.0195. The molecular weight excluding hydrogens is 1130 g/mol. The number of allylic oxidation sites excluding steroid dienone is 24. The number of phosphoric acid groups is 1. The summed E-state index contributed by atoms with van der Waals surface area (Å²) in [6.07, 6.45) is 102. The lowest BCUT2D eigenvalue weighted by molar-refractivity contribution is -0.870. The van der Waals surface area contributed by atoms with Crippen LogP contribution in [0.15, 0.2) is 146 Å². The fourth-order valence-corrected chi connectivity index (χ4v) is 10.6. The second kappa shape index (κ2) is 69.2. The van der Waals surface area contributed by atoms with Gasteiger partial charge in [-0.15, -0.1) is 0 Å². The van der Waals surface area contributed by atoms with Gasteiger partial charge in [0.25, 0.3) is 7.82 Å². The molecule has 0 bridgehead atoms. The van der Waals surface area contributed by atoms with Crippen LogP contribution in [0.25, 0.3) is 0 Å². The topological polar surface area (TPSA) is 111 Å². The maximum atomic E-state index is 12.9. The van der Waals surface area contributed by atoms with Gasteiger partial charge in [0.15, 0.2) is 6.10 Å². The van der Waals surface area contributed by atoms with E-state index < -0.39 is 26.5 Å². The molecule has 0 aliphatic rings. The van der Waals surface area contributed by atoms with Crippen LogP contribution in [0.4, 0.5) is 0 Å². The first-order chi connectivity index (χ1) is 44.0. The van der Waals surface area contributed by atoms with Gasteiger partial charge in [-0.25, -0.2) is 0 Å². The lowest BCUT2D eigenvalue weighted by Gasteiger charge is -2.28. The summed E-state index contributed by atoms with van der Waals surface area (Å²) in [6, 6.07) is 0. The number of hydrogen-bond acceptors (Lipinski definition) is 8. The summed E-state index contributed by atoms with van der Waals surface area (Å²) in [4.78, 5) is 38.1. The van der Waals surface area contributed by atoms with Crippen molar-refractivity contribution in [2.75, 3.05) is 47.5 Å². The first-order valence-corrected chi connectivity index (χ1v) is 38.0. The highest BCUT2D eigenvalue weighted by molar-refractivity contribution is 7.45. The Balaban J connectivity index is 4.02. The summed E-state index contributed by atoms with van der Waals surface area (Å²) in [7, 11) is 1.16. The van der Waals surface area contributed by atoms with Crippen molar-refractivity contribution in [2.45, 2.75) is 302 Å². The average molecular weight is 1270 g/mol. The number of likely N-dealkylation sites (N-methyl/N-ethyl adjacent to an activating group) is 1. The first-order valence-electron chi connectivity index (χ1n) is 36.5. The van der Waals surface area contributed by atoms with Crippen molar-refractivity contribution in [3.8, 4) is 0 Å². The van der Waals surface area contributed by atoms with E-state index in [2.05, 4.69) is 160 Å². The van der Waals surface area contributed by atoms with Crippen molar-refractivity contribution in [1.29, 1.82) is 0 Å². The maximum Gasteiger partial charge on any atom is 0.306 e. The van der Waals surface area contributed by atoms with Gasteiger partial charge in [0.2, 0.25) is 0 Å². The monoisotopic (exact) mass is 1270 g/mol. The summed E-state index contributed by atoms with van der Waals surface area (Å²) in [6.45, 7) is 4.03. The Kier molecular flexibility index (Phi) is 66.1. The lowest BCUT2D eigenvalue weighted by atomic mass is 10.0. The molecular formula is C80H136NO8P. The van der Waals surface area contributed by atoms with Gasteiger partial charge in [-0.05, 0) is 116 Å². The summed E-state index contributed by atoms with van der Waals surface area (Å²) in [5.41, 5.74) is 0. The third-order valence-electron chi connectivity index (χ3n) is 15.4. The molecule has 0 aromatic carbocycles. The molecule has 0 spiro atoms. The average Bonchev–Trinajstić information content (AvgIpc) is 3.62. The fourth-order valence-electron chi connectivity index (χ4n) is 9.84. The Hall–Kier alpha value is -4.11. The number of carbonyl (C=O) groups is 2. The van der Waals surface area contributed by atoms with Crippen LogP contribution in [-0.2, 0) is 32.7 Å². The number of ether oxygens (including phenoxy) is 2. The Morgan fingerprint density at radius 1 is 0.344 bits per heavy atom. The van der Waals surface area contributed by atoms with Crippen molar-refractivity contribution in [3.05, 3.63) is 146 Å². The molecule has 0 aliphatic heterocycles. The van der Waals surface area contributed by atoms with Crippen molar-refractivity contribution in [2.24, 2.45) is 0 Å². The van der Waals surface area contributed by atoms with Gasteiger partial charge in [0.05, 0.1) is 27.7 Å². The SMILES string of the molecule is CC/C=C\C/C=C\C/C=C\C/C=C\C/C=C\C/C=C\C/C=C\C/C=C\CCCCCCCCCCCCCCCCCCC(=O)OC(COC(=O)CCCCCCCCCCCCCC/C=C\C/C=C\C/C=C\C/C=C\CC)COP(=O)([O-])OCC[N+](C)(C)C. The highest BCUT2D eigenvalue weighted by Gasteiger charge is 2.22. The van der Waals surface area contributed by atoms with Crippen LogP contribution in [0.1, 0.15) is 296 Å². The number of rotatable bonds is 66. The number of phosphoric ester groups is 1. The van der Waals surface area contributed by atoms with Crippen molar-refractivity contribution in [3.63, 3.8) is 0 Å². The molecule has 0 aliphatic carbocycles. The predicted octanol–water partition coefficient (Wildman–Crippen LogP) is 23.5. The second-order valence-electron chi connectivity index (χ2n) is 25.2. The van der Waals surface area contributed by atoms with Crippen molar-refractivity contribution in [1.82, 2.24) is 0 Å². The van der Waals surface area contributed by atoms with Crippen LogP contribution < -0.4 is 4.89 Å². The van der Waals surface area contributed by atoms with Crippen molar-refractivity contribution < 1.29 is 42.1 Å². The minimum absolute atomic E-state index is 0.0358. The van der Waals surface area contributed by atoms with E-state index in [1.165, 1.54) is 148 Å². The van der Waals surface area contributed by atoms with Gasteiger partial charge in [0, 0.05) is 12.8 Å². The van der Waals surface area contributed by atoms with Crippen LogP contribution in [0.3, 0.4) is 0 Å². The lowest BCUT2D eigenvalue weighted by Crippen LogP contribution is -2.37. The Bertz CT molecular complexity index is 2030. The molecule has 514 valence electrons. The van der Waals surface area contributed by atoms with E-state index in [0.29, 0.717) is 17.4 Å². The standard InChI is InChI=1S/C80H136NO8P/c1-6-8-10-12-14-16-18-20-22-24-26-28-30-32-33-34-35-36-37-38-39-40-41-42-43-44-45-46-47-49-51-53-55-57-59-61-63-65-67-69-71-73-80(83)89-78(77-88-90(84,85)87-75-74-81(3,4)5)76-86-79(82)72-70-68-66-64-62-60-58-56-54-52-50-48-31-29-27-25-23-21-19-17-15-13-11-9-7-2/h8-11,14-17,20-23,26-29,32-33,35-36,38-39,41-42,78H,6-7,12-13,18-19,24-25,30-31,34,37,40,43-77H2,1-5H3/b10-8-,11-9-,16-14-,17-15-,22-20-,23-21-,28-26-,29-27-,33-32-,36-35-,39-38-,42-41-. The molecule has 0 aromatic heterocycles. The molecule has 0 N–H and O–H groups in total. The normalized spacial score (nSPS) is 14.0. The molecule has 2 atom stereocenters. The van der Waals surface area contributed by atoms with Gasteiger partial charge in [-0.1, -0.05) is 314 Å². The molecule has 90 heavy (non-hydrogen) atoms.